The normalized spacial score (nSPS) is 30.6. The Kier molecular flexibility index (Phi) is 4.25. The SMILES string of the molecule is CCOC(=O)C1CCCCN1C(=O)C1C(C(=O)O)C1(C)C. The molecule has 0 radical (unpaired) electrons. The highest BCUT2D eigenvalue weighted by molar-refractivity contribution is 5.94. The van der Waals surface area contributed by atoms with Crippen LogP contribution in [0.25, 0.3) is 0 Å². The third-order valence-electron chi connectivity index (χ3n) is 4.70. The standard InChI is InChI=1S/C15H23NO5/c1-4-21-14(20)9-7-5-6-8-16(9)12(17)10-11(13(18)19)15(10,2)3/h9-11H,4-8H2,1-3H3,(H,18,19). The molecule has 6 heteroatoms. The molecule has 1 aliphatic carbocycles. The molecule has 1 aliphatic heterocycles. The molecule has 0 aromatic carbocycles. The van der Waals surface area contributed by atoms with Crippen molar-refractivity contribution in [2.75, 3.05) is 13.2 Å². The number of esters is 1. The number of amides is 1. The molecule has 0 spiro atoms. The Balaban J connectivity index is 2.13. The second kappa shape index (κ2) is 5.66. The second-order valence-electron chi connectivity index (χ2n) is 6.41. The van der Waals surface area contributed by atoms with E-state index in [0.29, 0.717) is 13.0 Å². The topological polar surface area (TPSA) is 83.9 Å². The van der Waals surface area contributed by atoms with E-state index in [1.165, 1.54) is 4.90 Å². The zero-order valence-corrected chi connectivity index (χ0v) is 12.8. The minimum Gasteiger partial charge on any atom is -0.481 e. The molecule has 2 fully saturated rings. The number of rotatable bonds is 4. The van der Waals surface area contributed by atoms with Crippen molar-refractivity contribution in [3.8, 4) is 0 Å². The van der Waals surface area contributed by atoms with Gasteiger partial charge in [-0.25, -0.2) is 4.79 Å². The molecule has 1 N–H and O–H groups in total. The van der Waals surface area contributed by atoms with Gasteiger partial charge in [-0.15, -0.1) is 0 Å². The molecule has 3 unspecified atom stereocenters. The van der Waals surface area contributed by atoms with E-state index in [9.17, 15) is 19.5 Å². The molecular weight excluding hydrogens is 274 g/mol. The van der Waals surface area contributed by atoms with Crippen molar-refractivity contribution in [2.24, 2.45) is 17.3 Å². The molecule has 2 aliphatic rings. The van der Waals surface area contributed by atoms with Crippen LogP contribution in [0.5, 0.6) is 0 Å². The second-order valence-corrected chi connectivity index (χ2v) is 6.41. The fourth-order valence-electron chi connectivity index (χ4n) is 3.42. The summed E-state index contributed by atoms with van der Waals surface area (Å²) in [7, 11) is 0. The van der Waals surface area contributed by atoms with Crippen LogP contribution in [0.2, 0.25) is 0 Å². The molecule has 3 atom stereocenters. The first kappa shape index (κ1) is 15.8. The maximum Gasteiger partial charge on any atom is 0.328 e. The highest BCUT2D eigenvalue weighted by Gasteiger charge is 2.67. The summed E-state index contributed by atoms with van der Waals surface area (Å²) >= 11 is 0. The molecule has 1 saturated carbocycles. The molecule has 0 bridgehead atoms. The van der Waals surface area contributed by atoms with Gasteiger partial charge < -0.3 is 14.7 Å². The van der Waals surface area contributed by atoms with Crippen molar-refractivity contribution in [1.29, 1.82) is 0 Å². The number of carbonyl (C=O) groups is 3. The number of aliphatic carboxylic acids is 1. The monoisotopic (exact) mass is 297 g/mol. The van der Waals surface area contributed by atoms with Crippen LogP contribution in [0.4, 0.5) is 0 Å². The summed E-state index contributed by atoms with van der Waals surface area (Å²) < 4.78 is 5.04. The highest BCUT2D eigenvalue weighted by Crippen LogP contribution is 2.59. The summed E-state index contributed by atoms with van der Waals surface area (Å²) in [5, 5.41) is 9.20. The molecule has 6 nitrogen and oxygen atoms in total. The van der Waals surface area contributed by atoms with E-state index in [0.717, 1.165) is 12.8 Å². The van der Waals surface area contributed by atoms with Gasteiger partial charge in [0.2, 0.25) is 5.91 Å². The lowest BCUT2D eigenvalue weighted by Gasteiger charge is -2.34. The first-order chi connectivity index (χ1) is 9.82. The zero-order chi connectivity index (χ0) is 15.8. The molecule has 1 heterocycles. The maximum absolute atomic E-state index is 12.7. The number of carboxylic acids is 1. The fourth-order valence-corrected chi connectivity index (χ4v) is 3.42. The number of hydrogen-bond donors (Lipinski definition) is 1. The van der Waals surface area contributed by atoms with Crippen LogP contribution in [-0.2, 0) is 19.1 Å². The Hall–Kier alpha value is -1.59. The minimum absolute atomic E-state index is 0.217. The average molecular weight is 297 g/mol. The zero-order valence-electron chi connectivity index (χ0n) is 12.8. The van der Waals surface area contributed by atoms with Crippen LogP contribution >= 0.6 is 0 Å². The van der Waals surface area contributed by atoms with Gasteiger partial charge in [-0.2, -0.15) is 0 Å². The Morgan fingerprint density at radius 1 is 1.24 bits per heavy atom. The third kappa shape index (κ3) is 2.76. The van der Waals surface area contributed by atoms with E-state index in [4.69, 9.17) is 4.74 Å². The smallest absolute Gasteiger partial charge is 0.328 e. The Bertz CT molecular complexity index is 459. The summed E-state index contributed by atoms with van der Waals surface area (Å²) in [6.07, 6.45) is 2.31. The first-order valence-electron chi connectivity index (χ1n) is 7.52. The molecule has 1 amide bonds. The van der Waals surface area contributed by atoms with Gasteiger partial charge in [-0.05, 0) is 31.6 Å². The number of carboxylic acid groups (broad SMARTS) is 1. The summed E-state index contributed by atoms with van der Waals surface area (Å²) in [4.78, 5) is 37.4. The Morgan fingerprint density at radius 3 is 2.43 bits per heavy atom. The molecule has 118 valence electrons. The molecule has 21 heavy (non-hydrogen) atoms. The van der Waals surface area contributed by atoms with Gasteiger partial charge >= 0.3 is 11.9 Å². The number of likely N-dealkylation sites (tertiary alicyclic amines) is 1. The number of piperidine rings is 1. The van der Waals surface area contributed by atoms with Gasteiger partial charge in [0.05, 0.1) is 18.4 Å². The van der Waals surface area contributed by atoms with Gasteiger partial charge in [0.25, 0.3) is 0 Å². The van der Waals surface area contributed by atoms with E-state index in [2.05, 4.69) is 0 Å². The number of hydrogen-bond acceptors (Lipinski definition) is 4. The van der Waals surface area contributed by atoms with Gasteiger partial charge in [-0.1, -0.05) is 13.8 Å². The Labute approximate surface area is 124 Å². The fraction of sp³-hybridized carbons (Fsp3) is 0.800. The molecule has 1 saturated heterocycles. The molecule has 0 aromatic heterocycles. The van der Waals surface area contributed by atoms with Crippen LogP contribution in [-0.4, -0.2) is 47.0 Å². The van der Waals surface area contributed by atoms with E-state index in [1.54, 1.807) is 20.8 Å². The largest absolute Gasteiger partial charge is 0.481 e. The summed E-state index contributed by atoms with van der Waals surface area (Å²) in [5.41, 5.74) is -0.542. The van der Waals surface area contributed by atoms with Gasteiger partial charge in [0.15, 0.2) is 0 Å². The van der Waals surface area contributed by atoms with Crippen molar-refractivity contribution >= 4 is 17.8 Å². The van der Waals surface area contributed by atoms with Gasteiger partial charge in [0.1, 0.15) is 6.04 Å². The summed E-state index contributed by atoms with van der Waals surface area (Å²) in [6, 6.07) is -0.558. The first-order valence-corrected chi connectivity index (χ1v) is 7.52. The molecule has 0 aromatic rings. The van der Waals surface area contributed by atoms with Crippen LogP contribution in [0.15, 0.2) is 0 Å². The van der Waals surface area contributed by atoms with E-state index >= 15 is 0 Å². The molecule has 2 rings (SSSR count). The lowest BCUT2D eigenvalue weighted by Crippen LogP contribution is -2.49. The third-order valence-corrected chi connectivity index (χ3v) is 4.70. The van der Waals surface area contributed by atoms with E-state index < -0.39 is 29.3 Å². The minimum atomic E-state index is -0.942. The van der Waals surface area contributed by atoms with Crippen LogP contribution < -0.4 is 0 Å². The van der Waals surface area contributed by atoms with Crippen molar-refractivity contribution in [2.45, 2.75) is 46.1 Å². The maximum atomic E-state index is 12.7. The van der Waals surface area contributed by atoms with Crippen LogP contribution in [0, 0.1) is 17.3 Å². The van der Waals surface area contributed by atoms with Crippen LogP contribution in [0.3, 0.4) is 0 Å². The van der Waals surface area contributed by atoms with Crippen molar-refractivity contribution in [3.05, 3.63) is 0 Å². The predicted molar refractivity (Wildman–Crippen MR) is 74.4 cm³/mol. The lowest BCUT2D eigenvalue weighted by molar-refractivity contribution is -0.157. The van der Waals surface area contributed by atoms with E-state index in [-0.39, 0.29) is 18.5 Å². The lowest BCUT2D eigenvalue weighted by atomic mass is 10.0. The summed E-state index contributed by atoms with van der Waals surface area (Å²) in [6.45, 7) is 6.10. The predicted octanol–water partition coefficient (Wildman–Crippen LogP) is 1.29. The van der Waals surface area contributed by atoms with Gasteiger partial charge in [0, 0.05) is 6.54 Å². The number of carbonyl (C=O) groups excluding carboxylic acids is 2. The van der Waals surface area contributed by atoms with Gasteiger partial charge in [-0.3, -0.25) is 9.59 Å². The van der Waals surface area contributed by atoms with Crippen molar-refractivity contribution < 1.29 is 24.2 Å². The number of nitrogens with zero attached hydrogens (tertiary/aromatic N) is 1. The highest BCUT2D eigenvalue weighted by atomic mass is 16.5. The van der Waals surface area contributed by atoms with Crippen molar-refractivity contribution in [1.82, 2.24) is 4.90 Å². The van der Waals surface area contributed by atoms with Crippen LogP contribution in [0.1, 0.15) is 40.0 Å². The van der Waals surface area contributed by atoms with E-state index in [1.807, 2.05) is 0 Å². The Morgan fingerprint density at radius 2 is 1.90 bits per heavy atom. The number of ether oxygens (including phenoxy) is 1. The summed E-state index contributed by atoms with van der Waals surface area (Å²) in [5.74, 6) is -2.73. The average Bonchev–Trinajstić information content (AvgIpc) is 3.01. The van der Waals surface area contributed by atoms with Crippen molar-refractivity contribution in [3.63, 3.8) is 0 Å². The molecular formula is C15H23NO5. The quantitative estimate of drug-likeness (QED) is 0.790.